The lowest BCUT2D eigenvalue weighted by atomic mass is 9.64. The standard InChI is InChI=1S/C23H28N2O3S/c26-22(23(13-8-14-23)20-10-3-1-4-11-20)24-18-19-9-7-12-21(17-19)29(27,28)25-15-5-2-6-16-25/h1,3-4,7,9-12,17H,2,5-6,8,13-16,18H2,(H,24,26). The highest BCUT2D eigenvalue weighted by atomic mass is 32.2. The Morgan fingerprint density at radius 3 is 2.31 bits per heavy atom. The number of hydrogen-bond donors (Lipinski definition) is 1. The molecule has 2 aliphatic rings. The van der Waals surface area contributed by atoms with Crippen molar-refractivity contribution in [2.24, 2.45) is 0 Å². The van der Waals surface area contributed by atoms with Crippen LogP contribution in [0.15, 0.2) is 59.5 Å². The van der Waals surface area contributed by atoms with Crippen LogP contribution < -0.4 is 5.32 Å². The molecule has 0 radical (unpaired) electrons. The van der Waals surface area contributed by atoms with Crippen LogP contribution in [0.5, 0.6) is 0 Å². The summed E-state index contributed by atoms with van der Waals surface area (Å²) in [7, 11) is -3.47. The predicted molar refractivity (Wildman–Crippen MR) is 113 cm³/mol. The molecule has 29 heavy (non-hydrogen) atoms. The van der Waals surface area contributed by atoms with Crippen LogP contribution in [0.4, 0.5) is 0 Å². The van der Waals surface area contributed by atoms with Gasteiger partial charge >= 0.3 is 0 Å². The number of nitrogens with one attached hydrogen (secondary N) is 1. The molecule has 1 N–H and O–H groups in total. The fraction of sp³-hybridized carbons (Fsp3) is 0.435. The van der Waals surface area contributed by atoms with Gasteiger partial charge in [0, 0.05) is 19.6 Å². The first-order chi connectivity index (χ1) is 14.0. The summed E-state index contributed by atoms with van der Waals surface area (Å²) in [6, 6.07) is 16.9. The van der Waals surface area contributed by atoms with E-state index in [1.54, 1.807) is 22.5 Å². The molecule has 0 unspecified atom stereocenters. The molecule has 1 saturated carbocycles. The van der Waals surface area contributed by atoms with Crippen LogP contribution in [0.1, 0.15) is 49.7 Å². The van der Waals surface area contributed by atoms with Crippen molar-refractivity contribution in [3.05, 3.63) is 65.7 Å². The van der Waals surface area contributed by atoms with Crippen molar-refractivity contribution < 1.29 is 13.2 Å². The Bertz CT molecular complexity index is 963. The van der Waals surface area contributed by atoms with Crippen LogP contribution in [0, 0.1) is 0 Å². The maximum absolute atomic E-state index is 13.0. The first kappa shape index (κ1) is 20.1. The molecule has 2 aromatic rings. The van der Waals surface area contributed by atoms with Crippen LogP contribution in [-0.2, 0) is 26.8 Å². The SMILES string of the molecule is O=C(NCc1cccc(S(=O)(=O)N2CCCCC2)c1)C1(c2ccccc2)CCC1. The zero-order chi connectivity index (χ0) is 20.3. The third-order valence-corrected chi connectivity index (χ3v) is 8.17. The van der Waals surface area contributed by atoms with Crippen LogP contribution >= 0.6 is 0 Å². The van der Waals surface area contributed by atoms with Gasteiger partial charge in [-0.3, -0.25) is 4.79 Å². The zero-order valence-electron chi connectivity index (χ0n) is 16.6. The van der Waals surface area contributed by atoms with Gasteiger partial charge in [0.05, 0.1) is 10.3 Å². The average molecular weight is 413 g/mol. The zero-order valence-corrected chi connectivity index (χ0v) is 17.5. The van der Waals surface area contributed by atoms with E-state index in [1.165, 1.54) is 0 Å². The second-order valence-corrected chi connectivity index (χ2v) is 10.0. The molecule has 154 valence electrons. The van der Waals surface area contributed by atoms with Gasteiger partial charge < -0.3 is 5.32 Å². The van der Waals surface area contributed by atoms with E-state index in [-0.39, 0.29) is 5.91 Å². The Morgan fingerprint density at radius 2 is 1.66 bits per heavy atom. The van der Waals surface area contributed by atoms with E-state index in [2.05, 4.69) is 5.32 Å². The summed E-state index contributed by atoms with van der Waals surface area (Å²) in [5, 5.41) is 3.05. The Hall–Kier alpha value is -2.18. The highest BCUT2D eigenvalue weighted by molar-refractivity contribution is 7.89. The van der Waals surface area contributed by atoms with Gasteiger partial charge in [0.2, 0.25) is 15.9 Å². The number of nitrogens with zero attached hydrogens (tertiary/aromatic N) is 1. The van der Waals surface area contributed by atoms with Gasteiger partial charge in [0.1, 0.15) is 0 Å². The Balaban J connectivity index is 1.47. The van der Waals surface area contributed by atoms with Crippen molar-refractivity contribution in [3.8, 4) is 0 Å². The summed E-state index contributed by atoms with van der Waals surface area (Å²) in [5.41, 5.74) is 1.42. The minimum absolute atomic E-state index is 0.0271. The van der Waals surface area contributed by atoms with E-state index in [0.717, 1.165) is 49.7 Å². The van der Waals surface area contributed by atoms with E-state index in [0.29, 0.717) is 24.5 Å². The fourth-order valence-electron chi connectivity index (χ4n) is 4.36. The summed E-state index contributed by atoms with van der Waals surface area (Å²) < 4.78 is 27.4. The molecule has 2 fully saturated rings. The minimum Gasteiger partial charge on any atom is -0.351 e. The van der Waals surface area contributed by atoms with Crippen molar-refractivity contribution in [2.45, 2.75) is 55.4 Å². The van der Waals surface area contributed by atoms with Gasteiger partial charge in [0.15, 0.2) is 0 Å². The minimum atomic E-state index is -3.47. The maximum Gasteiger partial charge on any atom is 0.243 e. The van der Waals surface area contributed by atoms with Crippen molar-refractivity contribution in [3.63, 3.8) is 0 Å². The van der Waals surface area contributed by atoms with Crippen molar-refractivity contribution in [1.82, 2.24) is 9.62 Å². The number of piperidine rings is 1. The normalized spacial score (nSPS) is 19.3. The number of carbonyl (C=O) groups excluding carboxylic acids is 1. The van der Waals surface area contributed by atoms with Gasteiger partial charge in [-0.15, -0.1) is 0 Å². The van der Waals surface area contributed by atoms with Crippen molar-refractivity contribution >= 4 is 15.9 Å². The molecule has 6 heteroatoms. The summed E-state index contributed by atoms with van der Waals surface area (Å²) >= 11 is 0. The second kappa shape index (κ2) is 8.28. The third-order valence-electron chi connectivity index (χ3n) is 6.27. The number of benzene rings is 2. The van der Waals surface area contributed by atoms with Crippen LogP contribution in [0.25, 0.3) is 0 Å². The largest absolute Gasteiger partial charge is 0.351 e. The van der Waals surface area contributed by atoms with Gasteiger partial charge in [-0.25, -0.2) is 8.42 Å². The number of amides is 1. The van der Waals surface area contributed by atoms with E-state index in [4.69, 9.17) is 0 Å². The fourth-order valence-corrected chi connectivity index (χ4v) is 5.94. The molecular formula is C23H28N2O3S. The Morgan fingerprint density at radius 1 is 0.931 bits per heavy atom. The summed E-state index contributed by atoms with van der Waals surface area (Å²) in [4.78, 5) is 13.3. The van der Waals surface area contributed by atoms with Crippen LogP contribution in [-0.4, -0.2) is 31.7 Å². The number of sulfonamides is 1. The monoisotopic (exact) mass is 412 g/mol. The molecule has 1 amide bonds. The van der Waals surface area contributed by atoms with Gasteiger partial charge in [-0.1, -0.05) is 55.3 Å². The number of carbonyl (C=O) groups is 1. The third kappa shape index (κ3) is 3.96. The summed E-state index contributed by atoms with van der Waals surface area (Å²) in [6.45, 7) is 1.50. The summed E-state index contributed by atoms with van der Waals surface area (Å²) in [5.74, 6) is 0.0271. The molecule has 1 saturated heterocycles. The van der Waals surface area contributed by atoms with E-state index in [9.17, 15) is 13.2 Å². The highest BCUT2D eigenvalue weighted by Crippen LogP contribution is 2.43. The van der Waals surface area contributed by atoms with Gasteiger partial charge in [0.25, 0.3) is 0 Å². The van der Waals surface area contributed by atoms with Crippen LogP contribution in [0.2, 0.25) is 0 Å². The second-order valence-electron chi connectivity index (χ2n) is 8.10. The van der Waals surface area contributed by atoms with Crippen LogP contribution in [0.3, 0.4) is 0 Å². The quantitative estimate of drug-likeness (QED) is 0.788. The first-order valence-corrected chi connectivity index (χ1v) is 11.9. The molecule has 0 bridgehead atoms. The Kier molecular flexibility index (Phi) is 5.74. The van der Waals surface area contributed by atoms with Gasteiger partial charge in [-0.05, 0) is 48.9 Å². The molecule has 5 nitrogen and oxygen atoms in total. The molecule has 1 aliphatic heterocycles. The lowest BCUT2D eigenvalue weighted by Gasteiger charge is -2.40. The molecule has 1 aliphatic carbocycles. The van der Waals surface area contributed by atoms with E-state index in [1.807, 2.05) is 36.4 Å². The molecule has 4 rings (SSSR count). The van der Waals surface area contributed by atoms with Crippen molar-refractivity contribution in [1.29, 1.82) is 0 Å². The van der Waals surface area contributed by atoms with Crippen molar-refractivity contribution in [2.75, 3.05) is 13.1 Å². The first-order valence-electron chi connectivity index (χ1n) is 10.5. The van der Waals surface area contributed by atoms with E-state index < -0.39 is 15.4 Å². The highest BCUT2D eigenvalue weighted by Gasteiger charge is 2.45. The number of rotatable bonds is 6. The Labute approximate surface area is 173 Å². The number of hydrogen-bond acceptors (Lipinski definition) is 3. The molecule has 0 aromatic heterocycles. The molecule has 2 aromatic carbocycles. The smallest absolute Gasteiger partial charge is 0.243 e. The lowest BCUT2D eigenvalue weighted by molar-refractivity contribution is -0.130. The topological polar surface area (TPSA) is 66.5 Å². The molecule has 0 atom stereocenters. The molecule has 1 heterocycles. The van der Waals surface area contributed by atoms with E-state index >= 15 is 0 Å². The molecule has 0 spiro atoms. The predicted octanol–water partition coefficient (Wildman–Crippen LogP) is 3.60. The average Bonchev–Trinajstić information content (AvgIpc) is 2.73. The molecular weight excluding hydrogens is 384 g/mol. The maximum atomic E-state index is 13.0. The van der Waals surface area contributed by atoms with Gasteiger partial charge in [-0.2, -0.15) is 4.31 Å². The lowest BCUT2D eigenvalue weighted by Crippen LogP contribution is -2.48. The summed E-state index contributed by atoms with van der Waals surface area (Å²) in [6.07, 6.45) is 5.67.